The molecule has 5 heteroatoms. The van der Waals surface area contributed by atoms with Crippen LogP contribution in [0.15, 0.2) is 24.4 Å². The minimum atomic E-state index is -0.471. The van der Waals surface area contributed by atoms with Crippen molar-refractivity contribution >= 4 is 0 Å². The zero-order valence-electron chi connectivity index (χ0n) is 12.7. The van der Waals surface area contributed by atoms with Gasteiger partial charge in [-0.15, -0.1) is 0 Å². The van der Waals surface area contributed by atoms with Crippen molar-refractivity contribution in [1.29, 1.82) is 0 Å². The Morgan fingerprint density at radius 3 is 2.86 bits per heavy atom. The summed E-state index contributed by atoms with van der Waals surface area (Å²) in [5.41, 5.74) is 4.07. The molecule has 0 bridgehead atoms. The highest BCUT2D eigenvalue weighted by Gasteiger charge is 2.35. The fraction of sp³-hybridized carbons (Fsp3) is 0.471. The average Bonchev–Trinajstić information content (AvgIpc) is 3.19. The number of benzene rings is 1. The van der Waals surface area contributed by atoms with Crippen molar-refractivity contribution in [2.45, 2.75) is 31.9 Å². The second-order valence-electron chi connectivity index (χ2n) is 6.23. The normalized spacial score (nSPS) is 25.0. The predicted octanol–water partition coefficient (Wildman–Crippen LogP) is 2.28. The predicted molar refractivity (Wildman–Crippen MR) is 83.8 cm³/mol. The van der Waals surface area contributed by atoms with E-state index >= 15 is 0 Å². The van der Waals surface area contributed by atoms with Gasteiger partial charge in [0.25, 0.3) is 0 Å². The van der Waals surface area contributed by atoms with Gasteiger partial charge in [-0.25, -0.2) is 0 Å². The Bertz CT molecular complexity index is 676. The average molecular weight is 299 g/mol. The summed E-state index contributed by atoms with van der Waals surface area (Å²) in [5.74, 6) is 0.793. The largest absolute Gasteiger partial charge is 0.491 e. The number of aromatic nitrogens is 2. The Morgan fingerprint density at radius 1 is 1.32 bits per heavy atom. The lowest BCUT2D eigenvalue weighted by atomic mass is 9.95. The van der Waals surface area contributed by atoms with Gasteiger partial charge in [-0.3, -0.25) is 10.00 Å². The topological polar surface area (TPSA) is 61.4 Å². The van der Waals surface area contributed by atoms with E-state index in [1.54, 1.807) is 0 Å². The molecule has 2 aliphatic heterocycles. The summed E-state index contributed by atoms with van der Waals surface area (Å²) in [7, 11) is 0. The minimum absolute atomic E-state index is 0.0801. The third-order valence-electron chi connectivity index (χ3n) is 4.86. The molecule has 4 rings (SSSR count). The summed E-state index contributed by atoms with van der Waals surface area (Å²) < 4.78 is 5.97. The van der Waals surface area contributed by atoms with Crippen LogP contribution < -0.4 is 4.74 Å². The summed E-state index contributed by atoms with van der Waals surface area (Å²) in [6, 6.07) is 6.12. The van der Waals surface area contributed by atoms with Gasteiger partial charge >= 0.3 is 0 Å². The number of aliphatic hydroxyl groups excluding tert-OH is 1. The van der Waals surface area contributed by atoms with Crippen molar-refractivity contribution in [2.75, 3.05) is 19.7 Å². The van der Waals surface area contributed by atoms with Crippen molar-refractivity contribution in [3.63, 3.8) is 0 Å². The Hall–Kier alpha value is -1.85. The maximum atomic E-state index is 10.7. The molecule has 1 fully saturated rings. The molecule has 2 N–H and O–H groups in total. The minimum Gasteiger partial charge on any atom is -0.491 e. The Morgan fingerprint density at radius 2 is 2.14 bits per heavy atom. The second kappa shape index (κ2) is 5.41. The van der Waals surface area contributed by atoms with Crippen LogP contribution in [0.3, 0.4) is 0 Å². The first-order valence-electron chi connectivity index (χ1n) is 7.93. The van der Waals surface area contributed by atoms with E-state index in [9.17, 15) is 5.11 Å². The van der Waals surface area contributed by atoms with Crippen LogP contribution in [0.5, 0.6) is 5.75 Å². The molecule has 0 unspecified atom stereocenters. The van der Waals surface area contributed by atoms with Gasteiger partial charge in [0.05, 0.1) is 12.2 Å². The van der Waals surface area contributed by atoms with Gasteiger partial charge in [-0.2, -0.15) is 5.10 Å². The van der Waals surface area contributed by atoms with Crippen molar-refractivity contribution in [3.05, 3.63) is 35.7 Å². The first-order chi connectivity index (χ1) is 10.7. The van der Waals surface area contributed by atoms with Gasteiger partial charge in [-0.05, 0) is 44.5 Å². The number of aliphatic hydroxyl groups is 1. The second-order valence-corrected chi connectivity index (χ2v) is 6.23. The molecule has 2 atom stereocenters. The molecule has 2 aromatic rings. The van der Waals surface area contributed by atoms with Crippen LogP contribution in [0.2, 0.25) is 0 Å². The van der Waals surface area contributed by atoms with Gasteiger partial charge in [0.15, 0.2) is 0 Å². The molecule has 2 aliphatic rings. The molecule has 3 heterocycles. The highest BCUT2D eigenvalue weighted by Crippen LogP contribution is 2.38. The Kier molecular flexibility index (Phi) is 3.39. The smallest absolute Gasteiger partial charge is 0.125 e. The van der Waals surface area contributed by atoms with Crippen molar-refractivity contribution in [2.24, 2.45) is 0 Å². The number of aromatic amines is 1. The molecule has 1 aromatic heterocycles. The third kappa shape index (κ3) is 2.21. The van der Waals surface area contributed by atoms with Crippen molar-refractivity contribution < 1.29 is 9.84 Å². The molecule has 0 amide bonds. The molecule has 0 radical (unpaired) electrons. The standard InChI is InChI=1S/C17H21N3O2/c1-11-14(9-18-19-11)12-4-5-13-16(8-12)22-10-15(17(13)21)20-6-2-3-7-20/h4-5,8-9,15,17,21H,2-3,6-7,10H2,1H3,(H,18,19)/t15-,17-/m1/s1. The number of fused-ring (bicyclic) bond motifs is 1. The number of likely N-dealkylation sites (tertiary alicyclic amines) is 1. The van der Waals surface area contributed by atoms with Gasteiger partial charge in [0, 0.05) is 16.8 Å². The molecule has 0 spiro atoms. The van der Waals surface area contributed by atoms with E-state index in [0.717, 1.165) is 41.2 Å². The maximum absolute atomic E-state index is 10.7. The van der Waals surface area contributed by atoms with Gasteiger partial charge < -0.3 is 9.84 Å². The highest BCUT2D eigenvalue weighted by molar-refractivity contribution is 5.67. The van der Waals surface area contributed by atoms with E-state index in [2.05, 4.69) is 15.1 Å². The molecular formula is C17H21N3O2. The van der Waals surface area contributed by atoms with Crippen LogP contribution in [0.4, 0.5) is 0 Å². The molecule has 0 saturated carbocycles. The van der Waals surface area contributed by atoms with Crippen LogP contribution in [0, 0.1) is 6.92 Å². The van der Waals surface area contributed by atoms with E-state index in [-0.39, 0.29) is 6.04 Å². The summed E-state index contributed by atoms with van der Waals surface area (Å²) in [6.07, 6.45) is 3.79. The van der Waals surface area contributed by atoms with E-state index < -0.39 is 6.10 Å². The molecule has 22 heavy (non-hydrogen) atoms. The summed E-state index contributed by atoms with van der Waals surface area (Å²) >= 11 is 0. The van der Waals surface area contributed by atoms with Crippen LogP contribution in [0.1, 0.15) is 30.2 Å². The molecule has 0 aliphatic carbocycles. The number of hydrogen-bond donors (Lipinski definition) is 2. The Balaban J connectivity index is 1.64. The third-order valence-corrected chi connectivity index (χ3v) is 4.86. The fourth-order valence-electron chi connectivity index (χ4n) is 3.56. The van der Waals surface area contributed by atoms with Gasteiger partial charge in [0.2, 0.25) is 0 Å². The fourth-order valence-corrected chi connectivity index (χ4v) is 3.56. The van der Waals surface area contributed by atoms with Crippen LogP contribution >= 0.6 is 0 Å². The van der Waals surface area contributed by atoms with E-state index in [4.69, 9.17) is 4.74 Å². The number of nitrogens with one attached hydrogen (secondary N) is 1. The van der Waals surface area contributed by atoms with E-state index in [1.807, 2.05) is 31.3 Å². The van der Waals surface area contributed by atoms with E-state index in [0.29, 0.717) is 6.61 Å². The first kappa shape index (κ1) is 13.8. The molecule has 1 aromatic carbocycles. The quantitative estimate of drug-likeness (QED) is 0.893. The first-order valence-corrected chi connectivity index (χ1v) is 7.93. The zero-order valence-corrected chi connectivity index (χ0v) is 12.7. The van der Waals surface area contributed by atoms with E-state index in [1.165, 1.54) is 12.8 Å². The summed E-state index contributed by atoms with van der Waals surface area (Å²) in [6.45, 7) is 4.68. The van der Waals surface area contributed by atoms with Crippen molar-refractivity contribution in [3.8, 4) is 16.9 Å². The number of ether oxygens (including phenoxy) is 1. The number of H-pyrrole nitrogens is 1. The van der Waals surface area contributed by atoms with Crippen molar-refractivity contribution in [1.82, 2.24) is 15.1 Å². The lowest BCUT2D eigenvalue weighted by Crippen LogP contribution is -2.44. The van der Waals surface area contributed by atoms with Crippen LogP contribution in [-0.4, -0.2) is 45.9 Å². The lowest BCUT2D eigenvalue weighted by Gasteiger charge is -2.36. The maximum Gasteiger partial charge on any atom is 0.125 e. The molecule has 116 valence electrons. The Labute approximate surface area is 129 Å². The SMILES string of the molecule is Cc1[nH]ncc1-c1ccc2c(c1)OC[C@@H](N1CCCC1)[C@@H]2O. The van der Waals surface area contributed by atoms with Crippen LogP contribution in [-0.2, 0) is 0 Å². The zero-order chi connectivity index (χ0) is 15.1. The van der Waals surface area contributed by atoms with Gasteiger partial charge in [0.1, 0.15) is 18.5 Å². The number of hydrogen-bond acceptors (Lipinski definition) is 4. The number of rotatable bonds is 2. The lowest BCUT2D eigenvalue weighted by molar-refractivity contribution is 0.0140. The summed E-state index contributed by atoms with van der Waals surface area (Å²) in [5, 5.41) is 17.7. The molecule has 5 nitrogen and oxygen atoms in total. The summed E-state index contributed by atoms with van der Waals surface area (Å²) in [4.78, 5) is 2.35. The number of aryl methyl sites for hydroxylation is 1. The monoisotopic (exact) mass is 299 g/mol. The van der Waals surface area contributed by atoms with Crippen LogP contribution in [0.25, 0.3) is 11.1 Å². The number of nitrogens with zero attached hydrogens (tertiary/aromatic N) is 2. The molecule has 1 saturated heterocycles. The highest BCUT2D eigenvalue weighted by atomic mass is 16.5. The van der Waals surface area contributed by atoms with Gasteiger partial charge in [-0.1, -0.05) is 12.1 Å². The molecular weight excluding hydrogens is 278 g/mol.